The molecule has 3 heterocycles. The van der Waals surface area contributed by atoms with Crippen LogP contribution in [-0.2, 0) is 32.4 Å². The van der Waals surface area contributed by atoms with Crippen LogP contribution in [0.15, 0.2) is 0 Å². The molecule has 3 rings (SSSR count). The smallest absolute Gasteiger partial charge is 0.390 e. The standard InChI is InChI=1S/C15H25N6O6P/c1-3-10-18-13(17)12-14(19-10)21(11(4-2)20-12)15(7-16)5-8(22)9(27-15)6-26-28(23,24)25/h8-9,22H,3-7,16H2,1-2H3,(H2,17,18,19)(H2,23,24,25)/t8-,9+,15-/m0/s1. The van der Waals surface area contributed by atoms with E-state index < -0.39 is 32.4 Å². The second-order valence-electron chi connectivity index (χ2n) is 6.63. The molecule has 0 saturated carbocycles. The van der Waals surface area contributed by atoms with Crippen molar-refractivity contribution in [1.82, 2.24) is 19.5 Å². The number of anilines is 1. The first kappa shape index (κ1) is 21.1. The van der Waals surface area contributed by atoms with E-state index in [-0.39, 0.29) is 18.8 Å². The van der Waals surface area contributed by atoms with Gasteiger partial charge < -0.3 is 31.1 Å². The number of nitrogens with two attached hydrogens (primary N) is 2. The van der Waals surface area contributed by atoms with Crippen molar-refractivity contribution in [1.29, 1.82) is 0 Å². The third-order valence-corrected chi connectivity index (χ3v) is 5.23. The van der Waals surface area contributed by atoms with Gasteiger partial charge in [0.05, 0.1) is 12.7 Å². The number of aromatic nitrogens is 4. The lowest BCUT2D eigenvalue weighted by molar-refractivity contribution is -0.109. The quantitative estimate of drug-likeness (QED) is 0.362. The minimum Gasteiger partial charge on any atom is -0.390 e. The van der Waals surface area contributed by atoms with Crippen LogP contribution in [0.3, 0.4) is 0 Å². The Morgan fingerprint density at radius 1 is 1.32 bits per heavy atom. The maximum absolute atomic E-state index is 11.0. The second kappa shape index (κ2) is 7.64. The van der Waals surface area contributed by atoms with Crippen LogP contribution < -0.4 is 11.5 Å². The zero-order valence-corrected chi connectivity index (χ0v) is 16.5. The molecule has 1 aliphatic heterocycles. The molecule has 0 radical (unpaired) electrons. The van der Waals surface area contributed by atoms with Crippen molar-refractivity contribution in [2.75, 3.05) is 18.9 Å². The molecule has 0 amide bonds. The number of phosphoric acid groups is 1. The second-order valence-corrected chi connectivity index (χ2v) is 7.87. The summed E-state index contributed by atoms with van der Waals surface area (Å²) in [7, 11) is -4.71. The number of nitrogens with zero attached hydrogens (tertiary/aromatic N) is 4. The van der Waals surface area contributed by atoms with E-state index >= 15 is 0 Å². The number of imidazole rings is 1. The van der Waals surface area contributed by atoms with Gasteiger partial charge in [-0.2, -0.15) is 0 Å². The fraction of sp³-hybridized carbons (Fsp3) is 0.667. The van der Waals surface area contributed by atoms with Crippen molar-refractivity contribution in [2.45, 2.75) is 51.0 Å². The summed E-state index contributed by atoms with van der Waals surface area (Å²) in [6, 6.07) is 0. The van der Waals surface area contributed by atoms with Gasteiger partial charge in [-0.3, -0.25) is 9.09 Å². The third kappa shape index (κ3) is 3.77. The Morgan fingerprint density at radius 2 is 2.04 bits per heavy atom. The third-order valence-electron chi connectivity index (χ3n) is 4.74. The van der Waals surface area contributed by atoms with Gasteiger partial charge in [0.1, 0.15) is 17.8 Å². The molecule has 0 aromatic carbocycles. The van der Waals surface area contributed by atoms with E-state index in [0.717, 1.165) is 0 Å². The van der Waals surface area contributed by atoms with E-state index in [2.05, 4.69) is 19.5 Å². The lowest BCUT2D eigenvalue weighted by atomic mass is 10.1. The van der Waals surface area contributed by atoms with Crippen molar-refractivity contribution < 1.29 is 28.7 Å². The molecule has 1 aliphatic rings. The summed E-state index contributed by atoms with van der Waals surface area (Å²) in [5, 5.41) is 10.4. The maximum atomic E-state index is 11.0. The maximum Gasteiger partial charge on any atom is 0.469 e. The van der Waals surface area contributed by atoms with Crippen molar-refractivity contribution in [3.05, 3.63) is 11.6 Å². The van der Waals surface area contributed by atoms with E-state index in [1.807, 2.05) is 13.8 Å². The van der Waals surface area contributed by atoms with Crippen LogP contribution in [0.5, 0.6) is 0 Å². The molecule has 28 heavy (non-hydrogen) atoms. The lowest BCUT2D eigenvalue weighted by Crippen LogP contribution is -2.43. The highest BCUT2D eigenvalue weighted by atomic mass is 31.2. The number of hydrogen-bond acceptors (Lipinski definition) is 9. The summed E-state index contributed by atoms with van der Waals surface area (Å²) in [5.41, 5.74) is 11.7. The summed E-state index contributed by atoms with van der Waals surface area (Å²) in [6.07, 6.45) is -0.889. The van der Waals surface area contributed by atoms with Crippen LogP contribution in [0.2, 0.25) is 0 Å². The van der Waals surface area contributed by atoms with E-state index in [4.69, 9.17) is 26.0 Å². The fourth-order valence-corrected chi connectivity index (χ4v) is 3.78. The Hall–Kier alpha value is -1.66. The van der Waals surface area contributed by atoms with Crippen LogP contribution in [0.1, 0.15) is 31.9 Å². The summed E-state index contributed by atoms with van der Waals surface area (Å²) >= 11 is 0. The van der Waals surface area contributed by atoms with Crippen molar-refractivity contribution >= 4 is 24.8 Å². The predicted molar refractivity (Wildman–Crippen MR) is 99.0 cm³/mol. The molecule has 2 aromatic heterocycles. The number of hydrogen-bond donors (Lipinski definition) is 5. The Balaban J connectivity index is 2.08. The molecular weight excluding hydrogens is 391 g/mol. The molecule has 0 bridgehead atoms. The molecule has 1 fully saturated rings. The van der Waals surface area contributed by atoms with Crippen LogP contribution in [0.4, 0.5) is 5.82 Å². The average molecular weight is 416 g/mol. The minimum absolute atomic E-state index is 0.0275. The monoisotopic (exact) mass is 416 g/mol. The summed E-state index contributed by atoms with van der Waals surface area (Å²) in [4.78, 5) is 31.1. The Bertz CT molecular complexity index is 916. The van der Waals surface area contributed by atoms with Crippen molar-refractivity contribution in [2.24, 2.45) is 5.73 Å². The fourth-order valence-electron chi connectivity index (χ4n) is 3.44. The number of nitrogen functional groups attached to an aromatic ring is 1. The van der Waals surface area contributed by atoms with Gasteiger partial charge in [0, 0.05) is 25.8 Å². The van der Waals surface area contributed by atoms with Crippen LogP contribution in [0.25, 0.3) is 11.2 Å². The van der Waals surface area contributed by atoms with Crippen LogP contribution >= 0.6 is 7.82 Å². The molecule has 3 atom stereocenters. The van der Waals surface area contributed by atoms with Crippen molar-refractivity contribution in [3.63, 3.8) is 0 Å². The lowest BCUT2D eigenvalue weighted by Gasteiger charge is -2.31. The highest BCUT2D eigenvalue weighted by Gasteiger charge is 2.49. The Kier molecular flexibility index (Phi) is 5.74. The van der Waals surface area contributed by atoms with Crippen molar-refractivity contribution in [3.8, 4) is 0 Å². The zero-order valence-electron chi connectivity index (χ0n) is 15.6. The van der Waals surface area contributed by atoms with E-state index in [0.29, 0.717) is 35.7 Å². The topological polar surface area (TPSA) is 192 Å². The number of aryl methyl sites for hydroxylation is 2. The van der Waals surface area contributed by atoms with Gasteiger partial charge in [-0.25, -0.2) is 19.5 Å². The zero-order chi connectivity index (χ0) is 20.7. The molecule has 0 spiro atoms. The number of phosphoric ester groups is 1. The molecule has 0 unspecified atom stereocenters. The average Bonchev–Trinajstić information content (AvgIpc) is 3.17. The molecule has 7 N–H and O–H groups in total. The highest BCUT2D eigenvalue weighted by molar-refractivity contribution is 7.46. The van der Waals surface area contributed by atoms with Gasteiger partial charge in [-0.15, -0.1) is 0 Å². The van der Waals surface area contributed by atoms with Gasteiger partial charge in [-0.05, 0) is 0 Å². The van der Waals surface area contributed by atoms with E-state index in [1.165, 1.54) is 0 Å². The number of aliphatic hydroxyl groups is 1. The predicted octanol–water partition coefficient (Wildman–Crippen LogP) is -0.596. The largest absolute Gasteiger partial charge is 0.469 e. The SMILES string of the molecule is CCc1nc(N)c2nc(CC)n([C@@]3(CN)C[C@H](O)[C@@H](COP(=O)(O)O)O3)c2n1. The molecular formula is C15H25N6O6P. The van der Waals surface area contributed by atoms with Gasteiger partial charge in [-0.1, -0.05) is 13.8 Å². The number of aliphatic hydroxyl groups excluding tert-OH is 1. The summed E-state index contributed by atoms with van der Waals surface area (Å²) < 4.78 is 23.2. The molecule has 0 aliphatic carbocycles. The molecule has 12 nitrogen and oxygen atoms in total. The highest BCUT2D eigenvalue weighted by Crippen LogP contribution is 2.41. The van der Waals surface area contributed by atoms with Gasteiger partial charge in [0.2, 0.25) is 0 Å². The Morgan fingerprint density at radius 3 is 2.61 bits per heavy atom. The molecule has 2 aromatic rings. The van der Waals surface area contributed by atoms with E-state index in [9.17, 15) is 9.67 Å². The first-order valence-electron chi connectivity index (χ1n) is 8.94. The molecule has 1 saturated heterocycles. The minimum atomic E-state index is -4.71. The van der Waals surface area contributed by atoms with Crippen LogP contribution in [-0.4, -0.2) is 59.8 Å². The summed E-state index contributed by atoms with van der Waals surface area (Å²) in [6.45, 7) is 3.27. The number of fused-ring (bicyclic) bond motifs is 1. The molecule has 13 heteroatoms. The number of rotatable bonds is 7. The van der Waals surface area contributed by atoms with Gasteiger partial charge in [0.15, 0.2) is 22.7 Å². The molecule has 156 valence electrons. The van der Waals surface area contributed by atoms with Gasteiger partial charge >= 0.3 is 7.82 Å². The summed E-state index contributed by atoms with van der Waals surface area (Å²) in [5.74, 6) is 1.36. The van der Waals surface area contributed by atoms with E-state index in [1.54, 1.807) is 4.57 Å². The Labute approximate surface area is 161 Å². The van der Waals surface area contributed by atoms with Gasteiger partial charge in [0.25, 0.3) is 0 Å². The first-order chi connectivity index (χ1) is 13.1. The van der Waals surface area contributed by atoms with Crippen LogP contribution in [0, 0.1) is 0 Å². The normalized spacial score (nSPS) is 25.6. The number of ether oxygens (including phenoxy) is 1. The first-order valence-corrected chi connectivity index (χ1v) is 10.5.